The van der Waals surface area contributed by atoms with Crippen LogP contribution in [0, 0.1) is 0 Å². The van der Waals surface area contributed by atoms with Crippen LogP contribution in [0.2, 0.25) is 0 Å². The smallest absolute Gasteiger partial charge is 0.193 e. The Bertz CT molecular complexity index is 699. The summed E-state index contributed by atoms with van der Waals surface area (Å²) in [4.78, 5) is 6.56. The number of rotatable bonds is 7. The molecule has 0 fully saturated rings. The fraction of sp³-hybridized carbons (Fsp3) is 0.350. The zero-order chi connectivity index (χ0) is 18.2. The number of hydrogen-bond acceptors (Lipinski definition) is 3. The predicted octanol–water partition coefficient (Wildman–Crippen LogP) is 4.08. The number of halogens is 1. The first-order valence-corrected chi connectivity index (χ1v) is 8.48. The van der Waals surface area contributed by atoms with Gasteiger partial charge in [0.05, 0.1) is 12.6 Å². The SMILES string of the molecule is CC(C)Oc1ccc(NC(N)=NCc2cccc(CN(C)C)c2)cc1.I. The highest BCUT2D eigenvalue weighted by molar-refractivity contribution is 14.0. The van der Waals surface area contributed by atoms with E-state index in [1.54, 1.807) is 0 Å². The zero-order valence-corrected chi connectivity index (χ0v) is 18.2. The van der Waals surface area contributed by atoms with E-state index in [4.69, 9.17) is 10.5 Å². The van der Waals surface area contributed by atoms with Crippen LogP contribution in [-0.4, -0.2) is 31.1 Å². The molecule has 0 saturated carbocycles. The fourth-order valence-corrected chi connectivity index (χ4v) is 2.44. The molecule has 0 aliphatic heterocycles. The average Bonchev–Trinajstić information content (AvgIpc) is 2.54. The van der Waals surface area contributed by atoms with E-state index in [2.05, 4.69) is 53.6 Å². The number of aliphatic imine (C=N–C) groups is 1. The van der Waals surface area contributed by atoms with Crippen molar-refractivity contribution in [3.8, 4) is 5.75 Å². The Kier molecular flexibility index (Phi) is 9.43. The quantitative estimate of drug-likeness (QED) is 0.365. The second-order valence-electron chi connectivity index (χ2n) is 6.58. The van der Waals surface area contributed by atoms with Gasteiger partial charge in [-0.2, -0.15) is 0 Å². The normalized spacial score (nSPS) is 11.4. The minimum absolute atomic E-state index is 0. The molecule has 2 aromatic rings. The molecular weight excluding hydrogens is 439 g/mol. The number of ether oxygens (including phenoxy) is 1. The van der Waals surface area contributed by atoms with Crippen LogP contribution >= 0.6 is 24.0 Å². The molecule has 3 N–H and O–H groups in total. The number of benzene rings is 2. The summed E-state index contributed by atoms with van der Waals surface area (Å²) >= 11 is 0. The van der Waals surface area contributed by atoms with Crippen LogP contribution in [0.1, 0.15) is 25.0 Å². The highest BCUT2D eigenvalue weighted by Crippen LogP contribution is 2.16. The predicted molar refractivity (Wildman–Crippen MR) is 120 cm³/mol. The molecule has 2 rings (SSSR count). The van der Waals surface area contributed by atoms with Gasteiger partial charge in [-0.05, 0) is 63.3 Å². The van der Waals surface area contributed by atoms with Gasteiger partial charge < -0.3 is 20.7 Å². The van der Waals surface area contributed by atoms with Gasteiger partial charge in [-0.15, -0.1) is 24.0 Å². The Morgan fingerprint density at radius 2 is 1.77 bits per heavy atom. The van der Waals surface area contributed by atoms with Crippen molar-refractivity contribution in [3.63, 3.8) is 0 Å². The summed E-state index contributed by atoms with van der Waals surface area (Å²) in [5, 5.41) is 3.10. The minimum atomic E-state index is 0. The van der Waals surface area contributed by atoms with Crippen LogP contribution in [0.3, 0.4) is 0 Å². The molecule has 0 aliphatic rings. The number of nitrogens with two attached hydrogens (primary N) is 1. The number of anilines is 1. The van der Waals surface area contributed by atoms with Crippen LogP contribution in [0.25, 0.3) is 0 Å². The molecule has 0 radical (unpaired) electrons. The highest BCUT2D eigenvalue weighted by atomic mass is 127. The van der Waals surface area contributed by atoms with Crippen molar-refractivity contribution < 1.29 is 4.74 Å². The number of hydrogen-bond donors (Lipinski definition) is 2. The summed E-state index contributed by atoms with van der Waals surface area (Å²) in [7, 11) is 4.12. The summed E-state index contributed by atoms with van der Waals surface area (Å²) in [5.41, 5.74) is 9.29. The molecule has 0 atom stereocenters. The van der Waals surface area contributed by atoms with Gasteiger partial charge in [0.2, 0.25) is 0 Å². The van der Waals surface area contributed by atoms with E-state index in [-0.39, 0.29) is 30.1 Å². The third-order valence-corrected chi connectivity index (χ3v) is 3.42. The lowest BCUT2D eigenvalue weighted by atomic mass is 10.1. The Labute approximate surface area is 173 Å². The Hall–Kier alpha value is -1.80. The molecule has 5 nitrogen and oxygen atoms in total. The Balaban J connectivity index is 0.00000338. The van der Waals surface area contributed by atoms with Crippen molar-refractivity contribution in [1.29, 1.82) is 0 Å². The van der Waals surface area contributed by atoms with Crippen LogP contribution in [-0.2, 0) is 13.1 Å². The number of nitrogens with one attached hydrogen (secondary N) is 1. The van der Waals surface area contributed by atoms with E-state index in [0.717, 1.165) is 23.5 Å². The van der Waals surface area contributed by atoms with Gasteiger partial charge in [0.15, 0.2) is 5.96 Å². The van der Waals surface area contributed by atoms with Crippen LogP contribution < -0.4 is 15.8 Å². The maximum Gasteiger partial charge on any atom is 0.193 e. The molecule has 0 aliphatic carbocycles. The van der Waals surface area contributed by atoms with Gasteiger partial charge in [-0.1, -0.05) is 24.3 Å². The van der Waals surface area contributed by atoms with Gasteiger partial charge in [-0.3, -0.25) is 0 Å². The maximum absolute atomic E-state index is 5.99. The highest BCUT2D eigenvalue weighted by Gasteiger charge is 2.01. The van der Waals surface area contributed by atoms with Crippen LogP contribution in [0.15, 0.2) is 53.5 Å². The monoisotopic (exact) mass is 468 g/mol. The van der Waals surface area contributed by atoms with Crippen molar-refractivity contribution in [1.82, 2.24) is 4.90 Å². The molecular formula is C20H29IN4O. The first kappa shape index (κ1) is 22.2. The van der Waals surface area contributed by atoms with E-state index >= 15 is 0 Å². The second-order valence-corrected chi connectivity index (χ2v) is 6.58. The summed E-state index contributed by atoms with van der Waals surface area (Å²) < 4.78 is 5.63. The molecule has 6 heteroatoms. The average molecular weight is 468 g/mol. The van der Waals surface area contributed by atoms with Crippen molar-refractivity contribution in [2.75, 3.05) is 19.4 Å². The van der Waals surface area contributed by atoms with Crippen molar-refractivity contribution in [2.45, 2.75) is 33.0 Å². The van der Waals surface area contributed by atoms with E-state index in [9.17, 15) is 0 Å². The van der Waals surface area contributed by atoms with Crippen molar-refractivity contribution in [2.24, 2.45) is 10.7 Å². The second kappa shape index (κ2) is 11.0. The van der Waals surface area contributed by atoms with Crippen LogP contribution in [0.5, 0.6) is 5.75 Å². The lowest BCUT2D eigenvalue weighted by molar-refractivity contribution is 0.242. The van der Waals surface area contributed by atoms with Gasteiger partial charge >= 0.3 is 0 Å². The van der Waals surface area contributed by atoms with E-state index in [1.807, 2.05) is 38.1 Å². The molecule has 0 heterocycles. The Morgan fingerprint density at radius 3 is 2.38 bits per heavy atom. The van der Waals surface area contributed by atoms with Crippen LogP contribution in [0.4, 0.5) is 5.69 Å². The lowest BCUT2D eigenvalue weighted by Gasteiger charge is -2.11. The number of nitrogens with zero attached hydrogens (tertiary/aromatic N) is 2. The van der Waals surface area contributed by atoms with Gasteiger partial charge in [0.25, 0.3) is 0 Å². The van der Waals surface area contributed by atoms with Crippen molar-refractivity contribution >= 4 is 35.6 Å². The fourth-order valence-electron chi connectivity index (χ4n) is 2.44. The third-order valence-electron chi connectivity index (χ3n) is 3.42. The molecule has 2 aromatic carbocycles. The molecule has 142 valence electrons. The summed E-state index contributed by atoms with van der Waals surface area (Å²) in [6, 6.07) is 16.1. The topological polar surface area (TPSA) is 62.9 Å². The largest absolute Gasteiger partial charge is 0.491 e. The van der Waals surface area contributed by atoms with E-state index < -0.39 is 0 Å². The molecule has 26 heavy (non-hydrogen) atoms. The van der Waals surface area contributed by atoms with Gasteiger partial charge in [0, 0.05) is 12.2 Å². The molecule has 0 spiro atoms. The van der Waals surface area contributed by atoms with E-state index in [0.29, 0.717) is 12.5 Å². The summed E-state index contributed by atoms with van der Waals surface area (Å²) in [6.07, 6.45) is 0.161. The third kappa shape index (κ3) is 8.05. The van der Waals surface area contributed by atoms with Crippen molar-refractivity contribution in [3.05, 3.63) is 59.7 Å². The van der Waals surface area contributed by atoms with E-state index in [1.165, 1.54) is 5.56 Å². The summed E-state index contributed by atoms with van der Waals surface area (Å²) in [6.45, 7) is 5.47. The zero-order valence-electron chi connectivity index (χ0n) is 15.9. The molecule has 0 saturated heterocycles. The first-order valence-electron chi connectivity index (χ1n) is 8.48. The van der Waals surface area contributed by atoms with Gasteiger partial charge in [0.1, 0.15) is 5.75 Å². The Morgan fingerprint density at radius 1 is 1.12 bits per heavy atom. The summed E-state index contributed by atoms with van der Waals surface area (Å²) in [5.74, 6) is 1.24. The lowest BCUT2D eigenvalue weighted by Crippen LogP contribution is -2.22. The number of guanidine groups is 1. The molecule has 0 unspecified atom stereocenters. The first-order chi connectivity index (χ1) is 11.9. The molecule has 0 amide bonds. The molecule has 0 bridgehead atoms. The standard InChI is InChI=1S/C20H28N4O.HI/c1-15(2)25-19-10-8-18(9-11-19)23-20(21)22-13-16-6-5-7-17(12-16)14-24(3)4;/h5-12,15H,13-14H2,1-4H3,(H3,21,22,23);1H. The maximum atomic E-state index is 5.99. The minimum Gasteiger partial charge on any atom is -0.491 e. The van der Waals surface area contributed by atoms with Gasteiger partial charge in [-0.25, -0.2) is 4.99 Å². The molecule has 0 aromatic heterocycles.